The van der Waals surface area contributed by atoms with E-state index in [9.17, 15) is 0 Å². The molecule has 0 aromatic rings. The van der Waals surface area contributed by atoms with Crippen LogP contribution < -0.4 is 0 Å². The Kier molecular flexibility index (Phi) is 3.99. The van der Waals surface area contributed by atoms with Gasteiger partial charge < -0.3 is 9.47 Å². The summed E-state index contributed by atoms with van der Waals surface area (Å²) in [7, 11) is 0. The first-order chi connectivity index (χ1) is 9.86. The topological polar surface area (TPSA) is 18.5 Å². The lowest BCUT2D eigenvalue weighted by Crippen LogP contribution is -2.39. The van der Waals surface area contributed by atoms with Crippen LogP contribution in [0.2, 0.25) is 0 Å². The Morgan fingerprint density at radius 1 is 1.24 bits per heavy atom. The minimum atomic E-state index is -0.0978. The van der Waals surface area contributed by atoms with Crippen molar-refractivity contribution < 1.29 is 9.47 Å². The van der Waals surface area contributed by atoms with Crippen LogP contribution in [0.1, 0.15) is 66.2 Å². The van der Waals surface area contributed by atoms with Gasteiger partial charge in [-0.3, -0.25) is 0 Å². The summed E-state index contributed by atoms with van der Waals surface area (Å²) in [5.41, 5.74) is 0.259. The number of hydrogen-bond acceptors (Lipinski definition) is 2. The zero-order valence-corrected chi connectivity index (χ0v) is 14.2. The van der Waals surface area contributed by atoms with Crippen LogP contribution in [-0.4, -0.2) is 18.0 Å². The predicted molar refractivity (Wildman–Crippen MR) is 86.0 cm³/mol. The maximum absolute atomic E-state index is 6.40. The smallest absolute Gasteiger partial charge is 0.159 e. The number of rotatable bonds is 3. The van der Waals surface area contributed by atoms with Crippen molar-refractivity contribution in [3.63, 3.8) is 0 Å². The van der Waals surface area contributed by atoms with Gasteiger partial charge in [0.2, 0.25) is 0 Å². The third-order valence-electron chi connectivity index (χ3n) is 6.48. The zero-order chi connectivity index (χ0) is 15.3. The van der Waals surface area contributed by atoms with E-state index in [1.807, 2.05) is 6.08 Å². The average Bonchev–Trinajstić information content (AvgIpc) is 2.87. The molecule has 1 aliphatic heterocycles. The van der Waals surface area contributed by atoms with Gasteiger partial charge in [-0.25, -0.2) is 0 Å². The van der Waals surface area contributed by atoms with Crippen molar-refractivity contribution in [3.8, 4) is 0 Å². The first kappa shape index (κ1) is 15.6. The predicted octanol–water partition coefficient (Wildman–Crippen LogP) is 4.94. The van der Waals surface area contributed by atoms with E-state index in [0.29, 0.717) is 5.41 Å². The highest BCUT2D eigenvalue weighted by Crippen LogP contribution is 2.57. The molecule has 1 saturated heterocycles. The molecule has 0 radical (unpaired) electrons. The molecule has 0 aromatic carbocycles. The van der Waals surface area contributed by atoms with Crippen molar-refractivity contribution >= 4 is 0 Å². The van der Waals surface area contributed by atoms with Crippen molar-refractivity contribution in [1.82, 2.24) is 0 Å². The minimum absolute atomic E-state index is 0.0259. The molecule has 3 fully saturated rings. The van der Waals surface area contributed by atoms with Crippen molar-refractivity contribution in [2.24, 2.45) is 23.2 Å². The van der Waals surface area contributed by atoms with E-state index >= 15 is 0 Å². The zero-order valence-electron chi connectivity index (χ0n) is 14.2. The SMILES string of the molecule is C=CCC[C@@H]1O[C@H]2CC3[C@H](C)CC[C@H]3C(C)(C)C[C@@]2(C)O1. The molecule has 0 bridgehead atoms. The van der Waals surface area contributed by atoms with Gasteiger partial charge in [-0.1, -0.05) is 33.3 Å². The molecular formula is C19H32O2. The number of allylic oxidation sites excluding steroid dienone is 1. The van der Waals surface area contributed by atoms with Crippen molar-refractivity contribution in [3.05, 3.63) is 12.7 Å². The largest absolute Gasteiger partial charge is 0.346 e. The van der Waals surface area contributed by atoms with E-state index < -0.39 is 0 Å². The van der Waals surface area contributed by atoms with E-state index in [-0.39, 0.29) is 18.0 Å². The molecule has 1 unspecified atom stereocenters. The van der Waals surface area contributed by atoms with Gasteiger partial charge in [0.15, 0.2) is 6.29 Å². The first-order valence-corrected chi connectivity index (χ1v) is 8.80. The van der Waals surface area contributed by atoms with Crippen LogP contribution in [0, 0.1) is 23.2 Å². The third kappa shape index (κ3) is 2.70. The quantitative estimate of drug-likeness (QED) is 0.686. The molecule has 2 nitrogen and oxygen atoms in total. The van der Waals surface area contributed by atoms with Crippen LogP contribution in [0.4, 0.5) is 0 Å². The molecule has 6 atom stereocenters. The molecule has 2 heteroatoms. The normalized spacial score (nSPS) is 48.5. The van der Waals surface area contributed by atoms with Gasteiger partial charge >= 0.3 is 0 Å². The highest BCUT2D eigenvalue weighted by Gasteiger charge is 2.56. The van der Waals surface area contributed by atoms with E-state index in [2.05, 4.69) is 34.3 Å². The molecule has 120 valence electrons. The van der Waals surface area contributed by atoms with Crippen molar-refractivity contribution in [2.45, 2.75) is 84.2 Å². The average molecular weight is 292 g/mol. The second-order valence-corrected chi connectivity index (χ2v) is 8.58. The summed E-state index contributed by atoms with van der Waals surface area (Å²) >= 11 is 0. The summed E-state index contributed by atoms with van der Waals surface area (Å²) in [4.78, 5) is 0. The monoisotopic (exact) mass is 292 g/mol. The third-order valence-corrected chi connectivity index (χ3v) is 6.48. The Labute approximate surface area is 130 Å². The lowest BCUT2D eigenvalue weighted by Gasteiger charge is -2.38. The van der Waals surface area contributed by atoms with Crippen LogP contribution in [0.5, 0.6) is 0 Å². The van der Waals surface area contributed by atoms with E-state index in [0.717, 1.165) is 37.0 Å². The number of hydrogen-bond donors (Lipinski definition) is 0. The Hall–Kier alpha value is -0.340. The Balaban J connectivity index is 1.81. The van der Waals surface area contributed by atoms with Crippen LogP contribution in [0.3, 0.4) is 0 Å². The van der Waals surface area contributed by atoms with Gasteiger partial charge in [0.1, 0.15) is 0 Å². The first-order valence-electron chi connectivity index (χ1n) is 8.80. The fourth-order valence-corrected chi connectivity index (χ4v) is 5.49. The van der Waals surface area contributed by atoms with Crippen molar-refractivity contribution in [1.29, 1.82) is 0 Å². The van der Waals surface area contributed by atoms with E-state index in [4.69, 9.17) is 9.47 Å². The summed E-state index contributed by atoms with van der Waals surface area (Å²) in [6.45, 7) is 13.4. The molecule has 1 heterocycles. The Morgan fingerprint density at radius 3 is 2.71 bits per heavy atom. The molecule has 3 aliphatic rings. The van der Waals surface area contributed by atoms with Crippen molar-refractivity contribution in [2.75, 3.05) is 0 Å². The summed E-state index contributed by atoms with van der Waals surface area (Å²) in [6.07, 6.45) is 9.23. The Morgan fingerprint density at radius 2 is 2.00 bits per heavy atom. The highest BCUT2D eigenvalue weighted by atomic mass is 16.7. The molecule has 0 N–H and O–H groups in total. The molecule has 0 amide bonds. The van der Waals surface area contributed by atoms with Gasteiger partial charge in [0.05, 0.1) is 11.7 Å². The van der Waals surface area contributed by atoms with Gasteiger partial charge in [-0.15, -0.1) is 6.58 Å². The molecule has 2 saturated carbocycles. The Bertz CT molecular complexity index is 402. The molecule has 3 rings (SSSR count). The van der Waals surface area contributed by atoms with Crippen LogP contribution in [-0.2, 0) is 9.47 Å². The summed E-state index contributed by atoms with van der Waals surface area (Å²) in [5, 5.41) is 0. The lowest BCUT2D eigenvalue weighted by molar-refractivity contribution is -0.104. The lowest BCUT2D eigenvalue weighted by atomic mass is 9.70. The standard InChI is InChI=1S/C19H32O2/c1-6-7-8-17-20-16-11-14-13(2)9-10-15(14)18(3,4)12-19(16,5)21-17/h6,13-17H,1,7-12H2,2-5H3/t13-,14?,15-,16+,17-,19-/m1/s1. The van der Waals surface area contributed by atoms with Gasteiger partial charge in [0.25, 0.3) is 0 Å². The van der Waals surface area contributed by atoms with Gasteiger partial charge in [-0.05, 0) is 55.8 Å². The van der Waals surface area contributed by atoms with Crippen LogP contribution >= 0.6 is 0 Å². The number of ether oxygens (including phenoxy) is 2. The molecular weight excluding hydrogens is 260 g/mol. The maximum Gasteiger partial charge on any atom is 0.159 e. The second kappa shape index (κ2) is 5.38. The highest BCUT2D eigenvalue weighted by molar-refractivity contribution is 5.04. The summed E-state index contributed by atoms with van der Waals surface area (Å²) in [5.74, 6) is 2.50. The maximum atomic E-state index is 6.40. The molecule has 2 aliphatic carbocycles. The summed E-state index contributed by atoms with van der Waals surface area (Å²) in [6, 6.07) is 0. The fraction of sp³-hybridized carbons (Fsp3) is 0.895. The van der Waals surface area contributed by atoms with E-state index in [1.165, 1.54) is 19.3 Å². The fourth-order valence-electron chi connectivity index (χ4n) is 5.49. The molecule has 0 aromatic heterocycles. The molecule has 0 spiro atoms. The summed E-state index contributed by atoms with van der Waals surface area (Å²) < 4.78 is 12.7. The van der Waals surface area contributed by atoms with Crippen LogP contribution in [0.25, 0.3) is 0 Å². The second-order valence-electron chi connectivity index (χ2n) is 8.58. The van der Waals surface area contributed by atoms with Gasteiger partial charge in [0, 0.05) is 6.42 Å². The number of fused-ring (bicyclic) bond motifs is 2. The van der Waals surface area contributed by atoms with Crippen LogP contribution in [0.15, 0.2) is 12.7 Å². The minimum Gasteiger partial charge on any atom is -0.346 e. The molecule has 21 heavy (non-hydrogen) atoms. The van der Waals surface area contributed by atoms with Gasteiger partial charge in [-0.2, -0.15) is 0 Å². The van der Waals surface area contributed by atoms with E-state index in [1.54, 1.807) is 0 Å².